The minimum absolute atomic E-state index is 0.229. The summed E-state index contributed by atoms with van der Waals surface area (Å²) < 4.78 is 0. The van der Waals surface area contributed by atoms with Gasteiger partial charge in [-0.3, -0.25) is 4.79 Å². The predicted octanol–water partition coefficient (Wildman–Crippen LogP) is 4.44. The molecule has 2 aromatic rings. The van der Waals surface area contributed by atoms with Crippen molar-refractivity contribution in [3.8, 4) is 0 Å². The first kappa shape index (κ1) is 14.7. The van der Waals surface area contributed by atoms with Crippen molar-refractivity contribution >= 4 is 40.5 Å². The molecule has 5 heteroatoms. The van der Waals surface area contributed by atoms with Gasteiger partial charge in [-0.1, -0.05) is 29.3 Å². The van der Waals surface area contributed by atoms with Crippen LogP contribution in [0.3, 0.4) is 0 Å². The molecule has 0 heterocycles. The number of halogens is 2. The van der Waals surface area contributed by atoms with Crippen LogP contribution >= 0.6 is 23.2 Å². The molecule has 0 saturated heterocycles. The number of benzene rings is 2. The minimum Gasteiger partial charge on any atom is -0.398 e. The molecule has 0 fully saturated rings. The molecule has 3 N–H and O–H groups in total. The first-order chi connectivity index (χ1) is 9.38. The number of anilines is 2. The van der Waals surface area contributed by atoms with E-state index < -0.39 is 0 Å². The number of nitrogen functional groups attached to an aromatic ring is 1. The Kier molecular flexibility index (Phi) is 4.21. The van der Waals surface area contributed by atoms with Crippen molar-refractivity contribution in [3.05, 3.63) is 57.1 Å². The highest BCUT2D eigenvalue weighted by molar-refractivity contribution is 6.42. The van der Waals surface area contributed by atoms with Crippen molar-refractivity contribution in [2.45, 2.75) is 13.8 Å². The van der Waals surface area contributed by atoms with E-state index in [1.807, 2.05) is 19.9 Å². The zero-order valence-corrected chi connectivity index (χ0v) is 12.6. The van der Waals surface area contributed by atoms with E-state index in [0.29, 0.717) is 27.0 Å². The lowest BCUT2D eigenvalue weighted by Gasteiger charge is -2.11. The molecular formula is C15H14Cl2N2O. The Morgan fingerprint density at radius 2 is 1.75 bits per heavy atom. The molecule has 1 amide bonds. The lowest BCUT2D eigenvalue weighted by atomic mass is 10.0. The van der Waals surface area contributed by atoms with E-state index in [1.165, 1.54) is 0 Å². The SMILES string of the molecule is Cc1cc(C)c(C(=O)Nc2ccc(Cl)c(Cl)c2)cc1N. The summed E-state index contributed by atoms with van der Waals surface area (Å²) in [6.07, 6.45) is 0. The van der Waals surface area contributed by atoms with Crippen LogP contribution in [0.2, 0.25) is 10.0 Å². The molecule has 0 aliphatic rings. The molecule has 2 aromatic carbocycles. The van der Waals surface area contributed by atoms with E-state index >= 15 is 0 Å². The van der Waals surface area contributed by atoms with Crippen molar-refractivity contribution in [1.29, 1.82) is 0 Å². The van der Waals surface area contributed by atoms with E-state index in [2.05, 4.69) is 5.32 Å². The summed E-state index contributed by atoms with van der Waals surface area (Å²) in [7, 11) is 0. The summed E-state index contributed by atoms with van der Waals surface area (Å²) >= 11 is 11.8. The minimum atomic E-state index is -0.229. The first-order valence-corrected chi connectivity index (χ1v) is 6.77. The van der Waals surface area contributed by atoms with Gasteiger partial charge in [0.15, 0.2) is 0 Å². The maximum Gasteiger partial charge on any atom is 0.256 e. The third-order valence-corrected chi connectivity index (χ3v) is 3.77. The first-order valence-electron chi connectivity index (χ1n) is 6.01. The van der Waals surface area contributed by atoms with E-state index in [0.717, 1.165) is 11.1 Å². The Morgan fingerprint density at radius 3 is 2.40 bits per heavy atom. The van der Waals surface area contributed by atoms with Gasteiger partial charge in [0.1, 0.15) is 0 Å². The van der Waals surface area contributed by atoms with Crippen molar-refractivity contribution in [2.24, 2.45) is 0 Å². The summed E-state index contributed by atoms with van der Waals surface area (Å²) in [5.74, 6) is -0.229. The summed E-state index contributed by atoms with van der Waals surface area (Å²) in [5, 5.41) is 3.61. The van der Waals surface area contributed by atoms with Crippen LogP contribution in [0.15, 0.2) is 30.3 Å². The molecule has 0 spiro atoms. The molecule has 0 aliphatic carbocycles. The topological polar surface area (TPSA) is 55.1 Å². The molecule has 0 saturated carbocycles. The van der Waals surface area contributed by atoms with Crippen LogP contribution in [-0.2, 0) is 0 Å². The van der Waals surface area contributed by atoms with Gasteiger partial charge in [0.05, 0.1) is 10.0 Å². The lowest BCUT2D eigenvalue weighted by molar-refractivity contribution is 0.102. The molecule has 0 aliphatic heterocycles. The van der Waals surface area contributed by atoms with Gasteiger partial charge in [0, 0.05) is 16.9 Å². The van der Waals surface area contributed by atoms with Crippen LogP contribution in [-0.4, -0.2) is 5.91 Å². The largest absolute Gasteiger partial charge is 0.398 e. The lowest BCUT2D eigenvalue weighted by Crippen LogP contribution is -2.14. The number of rotatable bonds is 2. The highest BCUT2D eigenvalue weighted by Crippen LogP contribution is 2.26. The second-order valence-corrected chi connectivity index (χ2v) is 5.42. The van der Waals surface area contributed by atoms with Crippen molar-refractivity contribution < 1.29 is 4.79 Å². The third kappa shape index (κ3) is 3.06. The van der Waals surface area contributed by atoms with Crippen molar-refractivity contribution in [2.75, 3.05) is 11.1 Å². The summed E-state index contributed by atoms with van der Waals surface area (Å²) in [6, 6.07) is 8.50. The molecule has 2 rings (SSSR count). The average Bonchev–Trinajstić information content (AvgIpc) is 2.38. The smallest absolute Gasteiger partial charge is 0.256 e. The van der Waals surface area contributed by atoms with E-state index in [4.69, 9.17) is 28.9 Å². The number of amides is 1. The fraction of sp³-hybridized carbons (Fsp3) is 0.133. The summed E-state index contributed by atoms with van der Waals surface area (Å²) in [6.45, 7) is 3.78. The standard InChI is InChI=1S/C15H14Cl2N2O/c1-8-5-9(2)14(18)7-11(8)15(20)19-10-3-4-12(16)13(17)6-10/h3-7H,18H2,1-2H3,(H,19,20). The second-order valence-electron chi connectivity index (χ2n) is 4.61. The maximum absolute atomic E-state index is 12.3. The molecular weight excluding hydrogens is 295 g/mol. The number of carbonyl (C=O) groups excluding carboxylic acids is 1. The van der Waals surface area contributed by atoms with Crippen LogP contribution < -0.4 is 11.1 Å². The summed E-state index contributed by atoms with van der Waals surface area (Å²) in [5.41, 5.74) is 9.39. The van der Waals surface area contributed by atoms with E-state index in [-0.39, 0.29) is 5.91 Å². The van der Waals surface area contributed by atoms with Gasteiger partial charge in [-0.2, -0.15) is 0 Å². The molecule has 0 radical (unpaired) electrons. The Morgan fingerprint density at radius 1 is 1.05 bits per heavy atom. The zero-order chi connectivity index (χ0) is 14.9. The van der Waals surface area contributed by atoms with Crippen molar-refractivity contribution in [1.82, 2.24) is 0 Å². The van der Waals surface area contributed by atoms with Crippen molar-refractivity contribution in [3.63, 3.8) is 0 Å². The van der Waals surface area contributed by atoms with Gasteiger partial charge in [0.2, 0.25) is 0 Å². The van der Waals surface area contributed by atoms with E-state index in [1.54, 1.807) is 24.3 Å². The van der Waals surface area contributed by atoms with Gasteiger partial charge < -0.3 is 11.1 Å². The van der Waals surface area contributed by atoms with Gasteiger partial charge in [0.25, 0.3) is 5.91 Å². The Bertz CT molecular complexity index is 684. The number of nitrogens with one attached hydrogen (secondary N) is 1. The monoisotopic (exact) mass is 308 g/mol. The Hall–Kier alpha value is -1.71. The van der Waals surface area contributed by atoms with Gasteiger partial charge in [-0.05, 0) is 49.2 Å². The summed E-state index contributed by atoms with van der Waals surface area (Å²) in [4.78, 5) is 12.3. The Balaban J connectivity index is 2.28. The number of hydrogen-bond donors (Lipinski definition) is 2. The Labute approximate surface area is 127 Å². The fourth-order valence-corrected chi connectivity index (χ4v) is 2.18. The molecule has 0 atom stereocenters. The third-order valence-electron chi connectivity index (χ3n) is 3.04. The molecule has 0 unspecified atom stereocenters. The molecule has 104 valence electrons. The highest BCUT2D eigenvalue weighted by atomic mass is 35.5. The molecule has 0 aromatic heterocycles. The normalized spacial score (nSPS) is 10.4. The van der Waals surface area contributed by atoms with Crippen LogP contribution in [0.25, 0.3) is 0 Å². The van der Waals surface area contributed by atoms with Gasteiger partial charge >= 0.3 is 0 Å². The maximum atomic E-state index is 12.3. The average molecular weight is 309 g/mol. The van der Waals surface area contributed by atoms with Crippen LogP contribution in [0.5, 0.6) is 0 Å². The van der Waals surface area contributed by atoms with Crippen LogP contribution in [0, 0.1) is 13.8 Å². The molecule has 0 bridgehead atoms. The number of aryl methyl sites for hydroxylation is 2. The number of hydrogen-bond acceptors (Lipinski definition) is 2. The molecule has 3 nitrogen and oxygen atoms in total. The molecule has 20 heavy (non-hydrogen) atoms. The van der Waals surface area contributed by atoms with Crippen LogP contribution in [0.4, 0.5) is 11.4 Å². The zero-order valence-electron chi connectivity index (χ0n) is 11.1. The van der Waals surface area contributed by atoms with E-state index in [9.17, 15) is 4.79 Å². The fourth-order valence-electron chi connectivity index (χ4n) is 1.89. The number of nitrogens with two attached hydrogens (primary N) is 1. The quantitative estimate of drug-likeness (QED) is 0.806. The predicted molar refractivity (Wildman–Crippen MR) is 84.7 cm³/mol. The second kappa shape index (κ2) is 5.73. The van der Waals surface area contributed by atoms with Gasteiger partial charge in [-0.25, -0.2) is 0 Å². The number of carbonyl (C=O) groups is 1. The highest BCUT2D eigenvalue weighted by Gasteiger charge is 2.12. The van der Waals surface area contributed by atoms with Crippen LogP contribution in [0.1, 0.15) is 21.5 Å². The van der Waals surface area contributed by atoms with Gasteiger partial charge in [-0.15, -0.1) is 0 Å².